The van der Waals surface area contributed by atoms with Crippen LogP contribution in [0.4, 0.5) is 5.13 Å². The maximum atomic E-state index is 10.8. The minimum atomic E-state index is -0.971. The van der Waals surface area contributed by atoms with Crippen LogP contribution in [0.3, 0.4) is 0 Å². The number of aromatic carboxylic acids is 1. The normalized spacial score (nSPS) is 10.1. The molecule has 0 unspecified atom stereocenters. The Labute approximate surface area is 120 Å². The molecule has 0 saturated heterocycles. The number of ether oxygens (including phenoxy) is 2. The molecule has 0 bridgehead atoms. The zero-order chi connectivity index (χ0) is 14.5. The molecular weight excluding hydrogens is 280 g/mol. The van der Waals surface area contributed by atoms with Gasteiger partial charge in [-0.05, 0) is 17.7 Å². The van der Waals surface area contributed by atoms with Gasteiger partial charge in [-0.2, -0.15) is 0 Å². The van der Waals surface area contributed by atoms with E-state index in [1.54, 1.807) is 14.2 Å². The van der Waals surface area contributed by atoms with Crippen LogP contribution in [0, 0.1) is 0 Å². The van der Waals surface area contributed by atoms with Gasteiger partial charge in [0.15, 0.2) is 16.6 Å². The zero-order valence-corrected chi connectivity index (χ0v) is 11.9. The highest BCUT2D eigenvalue weighted by Crippen LogP contribution is 2.28. The van der Waals surface area contributed by atoms with Crippen LogP contribution in [0.5, 0.6) is 11.5 Å². The van der Waals surface area contributed by atoms with Gasteiger partial charge in [0.25, 0.3) is 0 Å². The lowest BCUT2D eigenvalue weighted by Gasteiger charge is -2.09. The van der Waals surface area contributed by atoms with Crippen LogP contribution in [0.1, 0.15) is 15.2 Å². The number of aromatic nitrogens is 1. The summed E-state index contributed by atoms with van der Waals surface area (Å²) in [5.41, 5.74) is 0.981. The molecule has 20 heavy (non-hydrogen) atoms. The summed E-state index contributed by atoms with van der Waals surface area (Å²) in [5, 5.41) is 12.5. The molecule has 6 nitrogen and oxygen atoms in total. The highest BCUT2D eigenvalue weighted by Gasteiger charge is 2.09. The van der Waals surface area contributed by atoms with Crippen molar-refractivity contribution in [3.05, 3.63) is 34.8 Å². The van der Waals surface area contributed by atoms with Gasteiger partial charge >= 0.3 is 5.97 Å². The monoisotopic (exact) mass is 294 g/mol. The van der Waals surface area contributed by atoms with E-state index in [0.717, 1.165) is 16.9 Å². The van der Waals surface area contributed by atoms with E-state index in [1.165, 1.54) is 6.20 Å². The molecule has 1 aromatic carbocycles. The van der Waals surface area contributed by atoms with Crippen LogP contribution in [0.2, 0.25) is 0 Å². The maximum Gasteiger partial charge on any atom is 0.347 e. The van der Waals surface area contributed by atoms with Gasteiger partial charge in [0, 0.05) is 6.54 Å². The van der Waals surface area contributed by atoms with Crippen LogP contribution in [-0.2, 0) is 6.54 Å². The van der Waals surface area contributed by atoms with Crippen molar-refractivity contribution < 1.29 is 19.4 Å². The largest absolute Gasteiger partial charge is 0.493 e. The summed E-state index contributed by atoms with van der Waals surface area (Å²) in [6.45, 7) is 0.521. The predicted molar refractivity (Wildman–Crippen MR) is 75.9 cm³/mol. The summed E-state index contributed by atoms with van der Waals surface area (Å²) >= 11 is 1.10. The second-order valence-corrected chi connectivity index (χ2v) is 4.91. The summed E-state index contributed by atoms with van der Waals surface area (Å²) < 4.78 is 10.4. The Morgan fingerprint density at radius 2 is 2.10 bits per heavy atom. The van der Waals surface area contributed by atoms with Gasteiger partial charge in [-0.1, -0.05) is 17.4 Å². The number of nitrogens with one attached hydrogen (secondary N) is 1. The molecule has 0 amide bonds. The van der Waals surface area contributed by atoms with Crippen molar-refractivity contribution in [1.82, 2.24) is 4.98 Å². The van der Waals surface area contributed by atoms with Crippen molar-refractivity contribution in [2.24, 2.45) is 0 Å². The van der Waals surface area contributed by atoms with E-state index in [0.29, 0.717) is 23.2 Å². The molecule has 7 heteroatoms. The summed E-state index contributed by atoms with van der Waals surface area (Å²) in [4.78, 5) is 15.0. The van der Waals surface area contributed by atoms with Crippen molar-refractivity contribution >= 4 is 22.4 Å². The van der Waals surface area contributed by atoms with Crippen molar-refractivity contribution in [3.63, 3.8) is 0 Å². The quantitative estimate of drug-likeness (QED) is 0.852. The van der Waals surface area contributed by atoms with Crippen molar-refractivity contribution in [3.8, 4) is 11.5 Å². The number of rotatable bonds is 6. The van der Waals surface area contributed by atoms with Crippen molar-refractivity contribution in [2.75, 3.05) is 19.5 Å². The Morgan fingerprint density at radius 1 is 1.35 bits per heavy atom. The molecule has 0 saturated carbocycles. The van der Waals surface area contributed by atoms with E-state index in [4.69, 9.17) is 14.6 Å². The van der Waals surface area contributed by atoms with Gasteiger partial charge < -0.3 is 19.9 Å². The number of benzene rings is 1. The van der Waals surface area contributed by atoms with Crippen LogP contribution < -0.4 is 14.8 Å². The molecule has 2 N–H and O–H groups in total. The van der Waals surface area contributed by atoms with Crippen LogP contribution in [-0.4, -0.2) is 30.3 Å². The van der Waals surface area contributed by atoms with Gasteiger partial charge in [-0.25, -0.2) is 9.78 Å². The zero-order valence-electron chi connectivity index (χ0n) is 11.0. The van der Waals surface area contributed by atoms with E-state index >= 15 is 0 Å². The fourth-order valence-corrected chi connectivity index (χ4v) is 2.27. The Bertz CT molecular complexity index is 612. The highest BCUT2D eigenvalue weighted by molar-refractivity contribution is 7.17. The summed E-state index contributed by atoms with van der Waals surface area (Å²) in [6.07, 6.45) is 1.34. The average molecular weight is 294 g/mol. The second-order valence-electron chi connectivity index (χ2n) is 3.88. The van der Waals surface area contributed by atoms with Crippen molar-refractivity contribution in [2.45, 2.75) is 6.54 Å². The molecule has 106 valence electrons. The first-order valence-electron chi connectivity index (χ1n) is 5.78. The number of carboxylic acids is 1. The fourth-order valence-electron chi connectivity index (χ4n) is 1.62. The lowest BCUT2D eigenvalue weighted by molar-refractivity contribution is 0.0702. The Morgan fingerprint density at radius 3 is 2.70 bits per heavy atom. The molecule has 2 aromatic rings. The lowest BCUT2D eigenvalue weighted by Crippen LogP contribution is -2.00. The number of methoxy groups -OCH3 is 2. The third kappa shape index (κ3) is 3.18. The standard InChI is InChI=1S/C13H14N2O4S/c1-18-9-4-3-8(5-10(9)19-2)6-14-13-15-7-11(20-13)12(16)17/h3-5,7H,6H2,1-2H3,(H,14,15)(H,16,17). The smallest absolute Gasteiger partial charge is 0.347 e. The van der Waals surface area contributed by atoms with Crippen LogP contribution >= 0.6 is 11.3 Å². The number of anilines is 1. The molecule has 1 heterocycles. The first-order valence-corrected chi connectivity index (χ1v) is 6.59. The number of hydrogen-bond donors (Lipinski definition) is 2. The number of thiazole rings is 1. The molecule has 0 fully saturated rings. The molecule has 1 aromatic heterocycles. The molecule has 0 aliphatic carbocycles. The number of carboxylic acid groups (broad SMARTS) is 1. The van der Waals surface area contributed by atoms with Gasteiger partial charge in [0.05, 0.1) is 20.4 Å². The molecule has 0 aliphatic rings. The SMILES string of the molecule is COc1ccc(CNc2ncc(C(=O)O)s2)cc1OC. The maximum absolute atomic E-state index is 10.8. The topological polar surface area (TPSA) is 80.7 Å². The summed E-state index contributed by atoms with van der Waals surface area (Å²) in [7, 11) is 3.16. The molecular formula is C13H14N2O4S. The number of carbonyl (C=O) groups is 1. The van der Waals surface area contributed by atoms with Crippen molar-refractivity contribution in [1.29, 1.82) is 0 Å². The Hall–Kier alpha value is -2.28. The number of hydrogen-bond acceptors (Lipinski definition) is 6. The van der Waals surface area contributed by atoms with E-state index in [-0.39, 0.29) is 4.88 Å². The Kier molecular flexibility index (Phi) is 4.41. The molecule has 0 spiro atoms. The summed E-state index contributed by atoms with van der Waals surface area (Å²) in [5.74, 6) is 0.345. The first kappa shape index (κ1) is 14.1. The van der Waals surface area contributed by atoms with Gasteiger partial charge in [-0.15, -0.1) is 0 Å². The van der Waals surface area contributed by atoms with E-state index in [1.807, 2.05) is 18.2 Å². The first-order chi connectivity index (χ1) is 9.63. The average Bonchev–Trinajstić information content (AvgIpc) is 2.94. The predicted octanol–water partition coefficient (Wildman–Crippen LogP) is 2.47. The Balaban J connectivity index is 2.04. The van der Waals surface area contributed by atoms with Crippen LogP contribution in [0.25, 0.3) is 0 Å². The summed E-state index contributed by atoms with van der Waals surface area (Å²) in [6, 6.07) is 5.58. The van der Waals surface area contributed by atoms with Gasteiger partial charge in [0.2, 0.25) is 0 Å². The van der Waals surface area contributed by atoms with Crippen LogP contribution in [0.15, 0.2) is 24.4 Å². The third-order valence-corrected chi connectivity index (χ3v) is 3.55. The fraction of sp³-hybridized carbons (Fsp3) is 0.231. The van der Waals surface area contributed by atoms with E-state index < -0.39 is 5.97 Å². The van der Waals surface area contributed by atoms with Gasteiger partial charge in [-0.3, -0.25) is 0 Å². The highest BCUT2D eigenvalue weighted by atomic mass is 32.1. The minimum Gasteiger partial charge on any atom is -0.493 e. The molecule has 2 rings (SSSR count). The molecule has 0 radical (unpaired) electrons. The van der Waals surface area contributed by atoms with E-state index in [9.17, 15) is 4.79 Å². The molecule has 0 aliphatic heterocycles. The van der Waals surface area contributed by atoms with E-state index in [2.05, 4.69) is 10.3 Å². The molecule has 0 atom stereocenters. The number of nitrogens with zero attached hydrogens (tertiary/aromatic N) is 1. The lowest BCUT2D eigenvalue weighted by atomic mass is 10.2. The van der Waals surface area contributed by atoms with Gasteiger partial charge in [0.1, 0.15) is 4.88 Å². The second kappa shape index (κ2) is 6.25. The minimum absolute atomic E-state index is 0.208. The third-order valence-electron chi connectivity index (χ3n) is 2.61.